The molecule has 1 aromatic heterocycles. The van der Waals surface area contributed by atoms with Gasteiger partial charge in [-0.2, -0.15) is 13.2 Å². The van der Waals surface area contributed by atoms with Crippen molar-refractivity contribution in [3.8, 4) is 0 Å². The molecule has 0 radical (unpaired) electrons. The van der Waals surface area contributed by atoms with Crippen molar-refractivity contribution in [2.75, 3.05) is 19.6 Å². The van der Waals surface area contributed by atoms with Crippen LogP contribution in [0.25, 0.3) is 10.9 Å². The first-order valence-electron chi connectivity index (χ1n) is 13.0. The largest absolute Gasteiger partial charge is 0.422 e. The minimum absolute atomic E-state index is 0.148. The molecule has 3 aromatic carbocycles. The Bertz CT molecular complexity index is 1430. The van der Waals surface area contributed by atoms with E-state index in [0.717, 1.165) is 24.8 Å². The van der Waals surface area contributed by atoms with Crippen LogP contribution in [0.3, 0.4) is 0 Å². The Balaban J connectivity index is 1.45. The first-order chi connectivity index (χ1) is 18.6. The molecule has 1 aliphatic rings. The molecule has 204 valence electrons. The van der Waals surface area contributed by atoms with Crippen molar-refractivity contribution in [3.63, 3.8) is 0 Å². The first kappa shape index (κ1) is 26.9. The van der Waals surface area contributed by atoms with Gasteiger partial charge in [0.1, 0.15) is 0 Å². The van der Waals surface area contributed by atoms with Crippen LogP contribution in [0.15, 0.2) is 85.1 Å². The van der Waals surface area contributed by atoms with Gasteiger partial charge in [-0.05, 0) is 55.5 Å². The maximum Gasteiger partial charge on any atom is 0.422 e. The van der Waals surface area contributed by atoms with E-state index in [0.29, 0.717) is 19.0 Å². The lowest BCUT2D eigenvalue weighted by molar-refractivity contribution is -0.384. The Kier molecular flexibility index (Phi) is 7.46. The lowest BCUT2D eigenvalue weighted by atomic mass is 9.87. The zero-order valence-electron chi connectivity index (χ0n) is 21.3. The number of halogens is 3. The third-order valence-electron chi connectivity index (χ3n) is 7.71. The summed E-state index contributed by atoms with van der Waals surface area (Å²) in [5.41, 5.74) is -1.35. The molecule has 1 atom stereocenters. The van der Waals surface area contributed by atoms with Crippen molar-refractivity contribution in [2.24, 2.45) is 5.92 Å². The maximum atomic E-state index is 14.7. The van der Waals surface area contributed by atoms with Crippen molar-refractivity contribution < 1.29 is 23.2 Å². The van der Waals surface area contributed by atoms with Crippen LogP contribution in [0, 0.1) is 16.0 Å². The van der Waals surface area contributed by atoms with Crippen molar-refractivity contribution in [2.45, 2.75) is 37.6 Å². The number of non-ortho nitro benzene ring substituents is 1. The van der Waals surface area contributed by atoms with E-state index in [1.54, 1.807) is 9.47 Å². The molecular formula is C30H30F3N3O3. The second kappa shape index (κ2) is 10.8. The van der Waals surface area contributed by atoms with Crippen molar-refractivity contribution in [3.05, 3.63) is 112 Å². The highest BCUT2D eigenvalue weighted by atomic mass is 19.4. The molecule has 1 unspecified atom stereocenters. The highest BCUT2D eigenvalue weighted by Crippen LogP contribution is 2.44. The fourth-order valence-electron chi connectivity index (χ4n) is 5.58. The summed E-state index contributed by atoms with van der Waals surface area (Å²) in [6.07, 6.45) is -1.29. The molecule has 1 saturated heterocycles. The number of nitrogens with zero attached hydrogens (tertiary/aromatic N) is 3. The topological polar surface area (TPSA) is 71.5 Å². The van der Waals surface area contributed by atoms with E-state index >= 15 is 0 Å². The molecule has 1 aliphatic heterocycles. The Morgan fingerprint density at radius 3 is 2.13 bits per heavy atom. The lowest BCUT2D eigenvalue weighted by Crippen LogP contribution is -2.52. The van der Waals surface area contributed by atoms with Crippen LogP contribution in [0.5, 0.6) is 0 Å². The highest BCUT2D eigenvalue weighted by Gasteiger charge is 2.57. The third-order valence-corrected chi connectivity index (χ3v) is 7.71. The molecule has 9 heteroatoms. The summed E-state index contributed by atoms with van der Waals surface area (Å²) in [6.45, 7) is 0.501. The van der Waals surface area contributed by atoms with Gasteiger partial charge in [0.15, 0.2) is 0 Å². The van der Waals surface area contributed by atoms with Crippen molar-refractivity contribution >= 4 is 16.6 Å². The van der Waals surface area contributed by atoms with E-state index in [2.05, 4.69) is 12.1 Å². The molecule has 1 fully saturated rings. The first-order valence-corrected chi connectivity index (χ1v) is 13.0. The molecule has 5 rings (SSSR count). The van der Waals surface area contributed by atoms with Crippen LogP contribution in [0.1, 0.15) is 29.5 Å². The Labute approximate surface area is 224 Å². The molecule has 1 N–H and O–H groups in total. The number of hydrogen-bond acceptors (Lipinski definition) is 4. The summed E-state index contributed by atoms with van der Waals surface area (Å²) < 4.78 is 45.6. The summed E-state index contributed by atoms with van der Waals surface area (Å²) in [5, 5.41) is 23.0. The predicted octanol–water partition coefficient (Wildman–Crippen LogP) is 6.30. The molecular weight excluding hydrogens is 507 g/mol. The molecule has 0 aliphatic carbocycles. The molecule has 4 aromatic rings. The number of β-amino-alcohol motifs (C(OH)–C–C–N with tert-alkyl or cyclic N) is 1. The summed E-state index contributed by atoms with van der Waals surface area (Å²) in [6, 6.07) is 22.9. The van der Waals surface area contributed by atoms with Gasteiger partial charge in [-0.3, -0.25) is 15.0 Å². The second-order valence-electron chi connectivity index (χ2n) is 10.4. The van der Waals surface area contributed by atoms with E-state index in [9.17, 15) is 28.4 Å². The van der Waals surface area contributed by atoms with Gasteiger partial charge in [0.05, 0.1) is 10.4 Å². The summed E-state index contributed by atoms with van der Waals surface area (Å²) in [7, 11) is 0. The molecule has 0 bridgehead atoms. The number of benzene rings is 3. The second-order valence-corrected chi connectivity index (χ2v) is 10.4. The number of hydrogen-bond donors (Lipinski definition) is 1. The van der Waals surface area contributed by atoms with Gasteiger partial charge in [-0.15, -0.1) is 0 Å². The fourth-order valence-corrected chi connectivity index (χ4v) is 5.58. The van der Waals surface area contributed by atoms with Gasteiger partial charge >= 0.3 is 6.18 Å². The number of aliphatic hydroxyl groups is 1. The van der Waals surface area contributed by atoms with Crippen molar-refractivity contribution in [1.82, 2.24) is 9.47 Å². The monoisotopic (exact) mass is 537 g/mol. The average Bonchev–Trinajstić information content (AvgIpc) is 3.28. The van der Waals surface area contributed by atoms with Gasteiger partial charge < -0.3 is 9.67 Å². The van der Waals surface area contributed by atoms with E-state index < -0.39 is 23.2 Å². The van der Waals surface area contributed by atoms with Gasteiger partial charge in [0, 0.05) is 42.4 Å². The SMILES string of the molecule is O=[N+]([O-])c1ccc2c(C(O)(CN3CCC(Cc4ccccc4)CC3)C(F)(F)F)cn(Cc3ccccc3)c2c1. The summed E-state index contributed by atoms with van der Waals surface area (Å²) in [4.78, 5) is 12.5. The number of nitro groups is 1. The molecule has 39 heavy (non-hydrogen) atoms. The van der Waals surface area contributed by atoms with Crippen LogP contribution in [-0.4, -0.2) is 45.3 Å². The molecule has 0 amide bonds. The summed E-state index contributed by atoms with van der Waals surface area (Å²) in [5.74, 6) is 0.371. The molecule has 0 spiro atoms. The number of rotatable bonds is 8. The molecule has 0 saturated carbocycles. The number of aromatic nitrogens is 1. The molecule has 2 heterocycles. The standard InChI is InChI=1S/C30H30F3N3O3/c31-30(32,33)29(37,21-34-15-13-23(14-16-34)17-22-7-3-1-4-8-22)27-20-35(19-24-9-5-2-6-10-24)28-18-25(36(38)39)11-12-26(27)28/h1-12,18,20,23,37H,13-17,19,21H2. The van der Waals surface area contributed by atoms with Gasteiger partial charge in [-0.1, -0.05) is 60.7 Å². The minimum atomic E-state index is -4.96. The fraction of sp³-hybridized carbons (Fsp3) is 0.333. The van der Waals surface area contributed by atoms with E-state index in [4.69, 9.17) is 0 Å². The Morgan fingerprint density at radius 1 is 0.923 bits per heavy atom. The molecule has 6 nitrogen and oxygen atoms in total. The zero-order chi connectivity index (χ0) is 27.6. The van der Waals surface area contributed by atoms with Crippen LogP contribution < -0.4 is 0 Å². The normalized spacial score (nSPS) is 16.8. The van der Waals surface area contributed by atoms with Crippen LogP contribution in [0.2, 0.25) is 0 Å². The van der Waals surface area contributed by atoms with Gasteiger partial charge in [0.2, 0.25) is 5.60 Å². The maximum absolute atomic E-state index is 14.7. The third kappa shape index (κ3) is 5.69. The minimum Gasteiger partial charge on any atom is -0.375 e. The van der Waals surface area contributed by atoms with Crippen LogP contribution in [0.4, 0.5) is 18.9 Å². The van der Waals surface area contributed by atoms with Crippen LogP contribution in [-0.2, 0) is 18.6 Å². The van der Waals surface area contributed by atoms with E-state index in [-0.39, 0.29) is 28.7 Å². The van der Waals surface area contributed by atoms with Gasteiger partial charge in [0.25, 0.3) is 5.69 Å². The average molecular weight is 538 g/mol. The number of fused-ring (bicyclic) bond motifs is 1. The zero-order valence-corrected chi connectivity index (χ0v) is 21.3. The smallest absolute Gasteiger partial charge is 0.375 e. The number of piperidine rings is 1. The predicted molar refractivity (Wildman–Crippen MR) is 143 cm³/mol. The quantitative estimate of drug-likeness (QED) is 0.211. The number of nitro benzene ring substituents is 1. The summed E-state index contributed by atoms with van der Waals surface area (Å²) >= 11 is 0. The Hall–Kier alpha value is -3.69. The Morgan fingerprint density at radius 2 is 1.54 bits per heavy atom. The van der Waals surface area contributed by atoms with Crippen molar-refractivity contribution in [1.29, 1.82) is 0 Å². The highest BCUT2D eigenvalue weighted by molar-refractivity contribution is 5.87. The van der Waals surface area contributed by atoms with E-state index in [1.807, 2.05) is 48.5 Å². The van der Waals surface area contributed by atoms with Crippen LogP contribution >= 0.6 is 0 Å². The van der Waals surface area contributed by atoms with E-state index in [1.165, 1.54) is 30.0 Å². The lowest BCUT2D eigenvalue weighted by Gasteiger charge is -2.39. The number of likely N-dealkylation sites (tertiary alicyclic amines) is 1. The number of alkyl halides is 3. The van der Waals surface area contributed by atoms with Gasteiger partial charge in [-0.25, -0.2) is 0 Å².